The number of halogens is 1. The van der Waals surface area contributed by atoms with Gasteiger partial charge in [0.2, 0.25) is 5.82 Å². The molecule has 24 heavy (non-hydrogen) atoms. The summed E-state index contributed by atoms with van der Waals surface area (Å²) in [6.45, 7) is 1.75. The molecule has 0 aliphatic carbocycles. The van der Waals surface area contributed by atoms with E-state index >= 15 is 0 Å². The van der Waals surface area contributed by atoms with Gasteiger partial charge in [-0.15, -0.1) is 10.2 Å². The van der Waals surface area contributed by atoms with Crippen molar-refractivity contribution in [2.24, 2.45) is 0 Å². The molecule has 0 fully saturated rings. The maximum absolute atomic E-state index is 11.7. The van der Waals surface area contributed by atoms with Crippen LogP contribution in [0, 0.1) is 0 Å². The van der Waals surface area contributed by atoms with E-state index in [-0.39, 0.29) is 5.97 Å². The van der Waals surface area contributed by atoms with Gasteiger partial charge < -0.3 is 9.15 Å². The van der Waals surface area contributed by atoms with E-state index in [2.05, 4.69) is 10.2 Å². The van der Waals surface area contributed by atoms with Crippen LogP contribution in [0.1, 0.15) is 6.92 Å². The lowest BCUT2D eigenvalue weighted by Gasteiger charge is -2.12. The molecule has 124 valence electrons. The molecular formula is C16H14ClN3O3S. The second kappa shape index (κ2) is 7.11. The SMILES string of the molecule is COC(=O)[C@H](C)Sc1nnc(-c2ccco2)n1-c1cccc(Cl)c1. The Morgan fingerprint density at radius 3 is 2.83 bits per heavy atom. The molecule has 0 amide bonds. The Kier molecular flexibility index (Phi) is 4.92. The lowest BCUT2D eigenvalue weighted by atomic mass is 10.3. The van der Waals surface area contributed by atoms with Gasteiger partial charge in [0.05, 0.1) is 19.1 Å². The van der Waals surface area contributed by atoms with Crippen LogP contribution < -0.4 is 0 Å². The first-order valence-corrected chi connectivity index (χ1v) is 8.35. The Hall–Kier alpha value is -2.25. The number of ether oxygens (including phenoxy) is 1. The number of methoxy groups -OCH3 is 1. The standard InChI is InChI=1S/C16H14ClN3O3S/c1-10(15(21)22-2)24-16-19-18-14(13-7-4-8-23-13)20(16)12-6-3-5-11(17)9-12/h3-10H,1-2H3/t10-/m0/s1. The number of esters is 1. The van der Waals surface area contributed by atoms with Gasteiger partial charge in [-0.1, -0.05) is 29.4 Å². The van der Waals surface area contributed by atoms with Crippen LogP contribution in [-0.2, 0) is 9.53 Å². The number of aromatic nitrogens is 3. The zero-order chi connectivity index (χ0) is 17.1. The van der Waals surface area contributed by atoms with Crippen molar-refractivity contribution in [1.82, 2.24) is 14.8 Å². The van der Waals surface area contributed by atoms with Crippen molar-refractivity contribution in [2.45, 2.75) is 17.3 Å². The van der Waals surface area contributed by atoms with Crippen LogP contribution in [0.2, 0.25) is 5.02 Å². The highest BCUT2D eigenvalue weighted by molar-refractivity contribution is 8.00. The molecule has 0 aliphatic heterocycles. The monoisotopic (exact) mass is 363 g/mol. The number of carbonyl (C=O) groups is 1. The van der Waals surface area contributed by atoms with Crippen LogP contribution in [0.5, 0.6) is 0 Å². The van der Waals surface area contributed by atoms with Crippen LogP contribution >= 0.6 is 23.4 Å². The molecule has 0 spiro atoms. The zero-order valence-corrected chi connectivity index (χ0v) is 14.5. The summed E-state index contributed by atoms with van der Waals surface area (Å²) in [6.07, 6.45) is 1.57. The first-order chi connectivity index (χ1) is 11.6. The number of hydrogen-bond acceptors (Lipinski definition) is 6. The predicted molar refractivity (Wildman–Crippen MR) is 91.4 cm³/mol. The molecule has 0 saturated carbocycles. The average Bonchev–Trinajstić information content (AvgIpc) is 3.23. The summed E-state index contributed by atoms with van der Waals surface area (Å²) in [6, 6.07) is 10.9. The fourth-order valence-electron chi connectivity index (χ4n) is 2.13. The van der Waals surface area contributed by atoms with E-state index in [1.54, 1.807) is 42.0 Å². The quantitative estimate of drug-likeness (QED) is 0.506. The Morgan fingerprint density at radius 2 is 2.17 bits per heavy atom. The largest absolute Gasteiger partial charge is 0.468 e. The number of carbonyl (C=O) groups excluding carboxylic acids is 1. The highest BCUT2D eigenvalue weighted by Gasteiger charge is 2.23. The van der Waals surface area contributed by atoms with Crippen molar-refractivity contribution >= 4 is 29.3 Å². The Morgan fingerprint density at radius 1 is 1.33 bits per heavy atom. The van der Waals surface area contributed by atoms with Crippen LogP contribution in [-0.4, -0.2) is 33.1 Å². The van der Waals surface area contributed by atoms with Crippen LogP contribution in [0.3, 0.4) is 0 Å². The second-order valence-electron chi connectivity index (χ2n) is 4.88. The van der Waals surface area contributed by atoms with Gasteiger partial charge in [-0.2, -0.15) is 0 Å². The number of thioether (sulfide) groups is 1. The fourth-order valence-corrected chi connectivity index (χ4v) is 3.21. The van der Waals surface area contributed by atoms with Crippen LogP contribution in [0.15, 0.2) is 52.2 Å². The summed E-state index contributed by atoms with van der Waals surface area (Å²) in [5.74, 6) is 0.766. The summed E-state index contributed by atoms with van der Waals surface area (Å²) in [4.78, 5) is 11.7. The van der Waals surface area contributed by atoms with Crippen molar-refractivity contribution in [3.63, 3.8) is 0 Å². The highest BCUT2D eigenvalue weighted by atomic mass is 35.5. The summed E-state index contributed by atoms with van der Waals surface area (Å²) in [5.41, 5.74) is 0.776. The molecule has 3 aromatic rings. The van der Waals surface area contributed by atoms with Gasteiger partial charge in [0.1, 0.15) is 5.25 Å². The van der Waals surface area contributed by atoms with Crippen molar-refractivity contribution in [1.29, 1.82) is 0 Å². The molecule has 2 heterocycles. The minimum absolute atomic E-state index is 0.333. The van der Waals surface area contributed by atoms with E-state index in [1.165, 1.54) is 18.9 Å². The first kappa shape index (κ1) is 16.6. The molecule has 1 aromatic carbocycles. The third-order valence-corrected chi connectivity index (χ3v) is 4.51. The van der Waals surface area contributed by atoms with E-state index < -0.39 is 5.25 Å². The number of hydrogen-bond donors (Lipinski definition) is 0. The molecule has 1 atom stereocenters. The maximum Gasteiger partial charge on any atom is 0.318 e. The molecule has 0 radical (unpaired) electrons. The molecule has 0 N–H and O–H groups in total. The van der Waals surface area contributed by atoms with Gasteiger partial charge in [-0.25, -0.2) is 0 Å². The van der Waals surface area contributed by atoms with Crippen molar-refractivity contribution < 1.29 is 13.9 Å². The van der Waals surface area contributed by atoms with Crippen LogP contribution in [0.25, 0.3) is 17.3 Å². The number of furan rings is 1. The van der Waals surface area contributed by atoms with E-state index in [0.29, 0.717) is 21.8 Å². The van der Waals surface area contributed by atoms with Gasteiger partial charge in [-0.3, -0.25) is 9.36 Å². The topological polar surface area (TPSA) is 70.2 Å². The molecule has 2 aromatic heterocycles. The summed E-state index contributed by atoms with van der Waals surface area (Å²) < 4.78 is 12.0. The predicted octanol–water partition coefficient (Wildman–Crippen LogP) is 3.83. The average molecular weight is 364 g/mol. The molecule has 6 nitrogen and oxygen atoms in total. The number of rotatable bonds is 5. The van der Waals surface area contributed by atoms with Gasteiger partial charge >= 0.3 is 5.97 Å². The van der Waals surface area contributed by atoms with E-state index in [1.807, 2.05) is 12.1 Å². The first-order valence-electron chi connectivity index (χ1n) is 7.10. The third-order valence-electron chi connectivity index (χ3n) is 3.26. The summed E-state index contributed by atoms with van der Waals surface area (Å²) >= 11 is 7.36. The molecule has 3 rings (SSSR count). The number of nitrogens with zero attached hydrogens (tertiary/aromatic N) is 3. The van der Waals surface area contributed by atoms with Crippen molar-refractivity contribution in [3.05, 3.63) is 47.7 Å². The van der Waals surface area contributed by atoms with Crippen LogP contribution in [0.4, 0.5) is 0 Å². The normalized spacial score (nSPS) is 12.1. The maximum atomic E-state index is 11.7. The molecule has 0 unspecified atom stereocenters. The Balaban J connectivity index is 2.08. The number of benzene rings is 1. The minimum Gasteiger partial charge on any atom is -0.468 e. The van der Waals surface area contributed by atoms with Gasteiger partial charge in [0, 0.05) is 5.02 Å². The van der Waals surface area contributed by atoms with E-state index in [4.69, 9.17) is 20.8 Å². The fraction of sp³-hybridized carbons (Fsp3) is 0.188. The molecule has 0 bridgehead atoms. The molecular weight excluding hydrogens is 350 g/mol. The highest BCUT2D eigenvalue weighted by Crippen LogP contribution is 2.31. The molecule has 0 aliphatic rings. The molecule has 0 saturated heterocycles. The van der Waals surface area contributed by atoms with Crippen molar-refractivity contribution in [3.8, 4) is 17.3 Å². The smallest absolute Gasteiger partial charge is 0.318 e. The van der Waals surface area contributed by atoms with Gasteiger partial charge in [0.15, 0.2) is 10.9 Å². The third kappa shape index (κ3) is 3.32. The van der Waals surface area contributed by atoms with Crippen molar-refractivity contribution in [2.75, 3.05) is 7.11 Å². The Bertz CT molecular complexity index is 848. The van der Waals surface area contributed by atoms with E-state index in [9.17, 15) is 4.79 Å². The van der Waals surface area contributed by atoms with Gasteiger partial charge in [-0.05, 0) is 37.3 Å². The van der Waals surface area contributed by atoms with E-state index in [0.717, 1.165) is 5.69 Å². The lowest BCUT2D eigenvalue weighted by molar-refractivity contribution is -0.139. The zero-order valence-electron chi connectivity index (χ0n) is 13.0. The minimum atomic E-state index is -0.429. The molecule has 8 heteroatoms. The van der Waals surface area contributed by atoms with Gasteiger partial charge in [0.25, 0.3) is 0 Å². The summed E-state index contributed by atoms with van der Waals surface area (Å²) in [7, 11) is 1.36. The second-order valence-corrected chi connectivity index (χ2v) is 6.63. The summed E-state index contributed by atoms with van der Waals surface area (Å²) in [5, 5.41) is 9.11. The lowest BCUT2D eigenvalue weighted by Crippen LogP contribution is -2.15. The Labute approximate surface area is 147 Å².